The average molecular weight is 166 g/mol. The summed E-state index contributed by atoms with van der Waals surface area (Å²) in [7, 11) is 0. The van der Waals surface area contributed by atoms with Crippen molar-refractivity contribution in [1.82, 2.24) is 10.2 Å². The van der Waals surface area contributed by atoms with Crippen LogP contribution in [0.2, 0.25) is 0 Å². The molecule has 3 fully saturated rings. The van der Waals surface area contributed by atoms with E-state index in [1.54, 1.807) is 0 Å². The van der Waals surface area contributed by atoms with Crippen molar-refractivity contribution in [2.75, 3.05) is 13.1 Å². The van der Waals surface area contributed by atoms with Gasteiger partial charge in [0.2, 0.25) is 0 Å². The highest BCUT2D eigenvalue weighted by atomic mass is 16.2. The highest BCUT2D eigenvalue weighted by Gasteiger charge is 2.63. The molecule has 3 rings (SSSR count). The van der Waals surface area contributed by atoms with Gasteiger partial charge in [0.15, 0.2) is 0 Å². The molecule has 0 radical (unpaired) electrons. The molecule has 1 aliphatic carbocycles. The molecule has 3 aliphatic rings. The number of urea groups is 1. The van der Waals surface area contributed by atoms with Gasteiger partial charge >= 0.3 is 6.03 Å². The highest BCUT2D eigenvalue weighted by molar-refractivity contribution is 5.78. The van der Waals surface area contributed by atoms with Crippen LogP contribution in [0.15, 0.2) is 0 Å². The minimum absolute atomic E-state index is 0.0995. The quantitative estimate of drug-likeness (QED) is 0.571. The van der Waals surface area contributed by atoms with E-state index < -0.39 is 0 Å². The molecule has 0 aromatic carbocycles. The predicted molar refractivity (Wildman–Crippen MR) is 44.8 cm³/mol. The Balaban J connectivity index is 2.01. The van der Waals surface area contributed by atoms with E-state index in [0.717, 1.165) is 13.1 Å². The van der Waals surface area contributed by atoms with Crippen LogP contribution < -0.4 is 5.32 Å². The van der Waals surface area contributed by atoms with E-state index in [-0.39, 0.29) is 11.6 Å². The first-order valence-corrected chi connectivity index (χ1v) is 4.72. The van der Waals surface area contributed by atoms with Crippen molar-refractivity contribution in [2.24, 2.45) is 5.41 Å². The maximum Gasteiger partial charge on any atom is 0.317 e. The fraction of sp³-hybridized carbons (Fsp3) is 0.889. The van der Waals surface area contributed by atoms with Gasteiger partial charge in [0.05, 0.1) is 5.54 Å². The molecule has 2 saturated heterocycles. The third-order valence-corrected chi connectivity index (χ3v) is 4.06. The zero-order valence-corrected chi connectivity index (χ0v) is 7.39. The van der Waals surface area contributed by atoms with Crippen LogP contribution in [0.3, 0.4) is 0 Å². The normalized spacial score (nSPS) is 41.8. The number of rotatable bonds is 0. The van der Waals surface area contributed by atoms with Gasteiger partial charge in [0, 0.05) is 13.1 Å². The number of amides is 2. The maximum absolute atomic E-state index is 11.4. The molecule has 2 heterocycles. The number of carbonyl (C=O) groups is 1. The number of fused-ring (bicyclic) bond motifs is 3. The molecule has 3 nitrogen and oxygen atoms in total. The Morgan fingerprint density at radius 3 is 2.83 bits per heavy atom. The van der Waals surface area contributed by atoms with Crippen molar-refractivity contribution >= 4 is 6.03 Å². The van der Waals surface area contributed by atoms with Gasteiger partial charge in [-0.25, -0.2) is 4.79 Å². The highest BCUT2D eigenvalue weighted by Crippen LogP contribution is 2.60. The van der Waals surface area contributed by atoms with Crippen molar-refractivity contribution < 1.29 is 4.79 Å². The summed E-state index contributed by atoms with van der Waals surface area (Å²) in [6.07, 6.45) is 3.84. The summed E-state index contributed by atoms with van der Waals surface area (Å²) in [6.45, 7) is 4.12. The summed E-state index contributed by atoms with van der Waals surface area (Å²) in [4.78, 5) is 13.3. The van der Waals surface area contributed by atoms with Gasteiger partial charge in [-0.3, -0.25) is 0 Å². The molecule has 0 aromatic heterocycles. The second kappa shape index (κ2) is 1.63. The number of carbonyl (C=O) groups excluding carboxylic acids is 1. The number of nitrogens with zero attached hydrogens (tertiary/aromatic N) is 1. The largest absolute Gasteiger partial charge is 0.330 e. The average Bonchev–Trinajstić information content (AvgIpc) is 2.73. The summed E-state index contributed by atoms with van der Waals surface area (Å²) >= 11 is 0. The topological polar surface area (TPSA) is 32.3 Å². The SMILES string of the molecule is C[C@]12CN(CCC13CC3)C(=O)N2. The van der Waals surface area contributed by atoms with Crippen LogP contribution in [0, 0.1) is 5.41 Å². The summed E-state index contributed by atoms with van der Waals surface area (Å²) in [5, 5.41) is 3.13. The standard InChI is InChI=1S/C9H14N2O/c1-8-6-11(7(12)10-8)5-4-9(8)2-3-9/h2-6H2,1H3,(H,10,12)/t8-/m0/s1. The molecule has 2 amide bonds. The zero-order chi connectivity index (χ0) is 8.40. The van der Waals surface area contributed by atoms with Crippen molar-refractivity contribution in [1.29, 1.82) is 0 Å². The van der Waals surface area contributed by atoms with E-state index in [1.807, 2.05) is 4.90 Å². The zero-order valence-electron chi connectivity index (χ0n) is 7.39. The fourth-order valence-corrected chi connectivity index (χ4v) is 2.87. The van der Waals surface area contributed by atoms with Crippen LogP contribution in [0.4, 0.5) is 4.79 Å². The van der Waals surface area contributed by atoms with Crippen LogP contribution in [0.1, 0.15) is 26.2 Å². The maximum atomic E-state index is 11.4. The Morgan fingerprint density at radius 1 is 1.42 bits per heavy atom. The molecule has 2 bridgehead atoms. The minimum atomic E-state index is 0.0995. The lowest BCUT2D eigenvalue weighted by Gasteiger charge is -2.38. The van der Waals surface area contributed by atoms with E-state index in [4.69, 9.17) is 0 Å². The smallest absolute Gasteiger partial charge is 0.317 e. The lowest BCUT2D eigenvalue weighted by molar-refractivity contribution is 0.156. The molecule has 2 aliphatic heterocycles. The van der Waals surface area contributed by atoms with E-state index in [0.29, 0.717) is 5.41 Å². The summed E-state index contributed by atoms with van der Waals surface area (Å²) in [5.74, 6) is 0. The second-order valence-electron chi connectivity index (χ2n) is 4.71. The summed E-state index contributed by atoms with van der Waals surface area (Å²) in [5.41, 5.74) is 0.581. The Bertz CT molecular complexity index is 259. The van der Waals surface area contributed by atoms with E-state index in [9.17, 15) is 4.79 Å². The van der Waals surface area contributed by atoms with Gasteiger partial charge in [-0.2, -0.15) is 0 Å². The van der Waals surface area contributed by atoms with Crippen LogP contribution in [0.5, 0.6) is 0 Å². The van der Waals surface area contributed by atoms with Crippen molar-refractivity contribution in [3.8, 4) is 0 Å². The molecular weight excluding hydrogens is 152 g/mol. The molecule has 0 unspecified atom stereocenters. The molecule has 3 heteroatoms. The lowest BCUT2D eigenvalue weighted by atomic mass is 9.78. The Labute approximate surface area is 72.1 Å². The van der Waals surface area contributed by atoms with Crippen LogP contribution in [0.25, 0.3) is 0 Å². The van der Waals surface area contributed by atoms with Crippen LogP contribution in [-0.2, 0) is 0 Å². The first-order valence-electron chi connectivity index (χ1n) is 4.72. The van der Waals surface area contributed by atoms with E-state index in [1.165, 1.54) is 19.3 Å². The third-order valence-electron chi connectivity index (χ3n) is 4.06. The first-order chi connectivity index (χ1) is 5.65. The van der Waals surface area contributed by atoms with Gasteiger partial charge in [0.25, 0.3) is 0 Å². The molecule has 12 heavy (non-hydrogen) atoms. The van der Waals surface area contributed by atoms with Crippen molar-refractivity contribution in [2.45, 2.75) is 31.7 Å². The number of nitrogens with one attached hydrogen (secondary N) is 1. The van der Waals surface area contributed by atoms with Gasteiger partial charge < -0.3 is 10.2 Å². The Hall–Kier alpha value is -0.730. The van der Waals surface area contributed by atoms with Crippen LogP contribution in [-0.4, -0.2) is 29.6 Å². The van der Waals surface area contributed by atoms with Gasteiger partial charge in [-0.05, 0) is 31.6 Å². The van der Waals surface area contributed by atoms with Gasteiger partial charge in [-0.1, -0.05) is 0 Å². The van der Waals surface area contributed by atoms with Crippen molar-refractivity contribution in [3.05, 3.63) is 0 Å². The molecule has 1 N–H and O–H groups in total. The lowest BCUT2D eigenvalue weighted by Crippen LogP contribution is -2.51. The molecule has 66 valence electrons. The van der Waals surface area contributed by atoms with Gasteiger partial charge in [-0.15, -0.1) is 0 Å². The van der Waals surface area contributed by atoms with Crippen LogP contribution >= 0.6 is 0 Å². The van der Waals surface area contributed by atoms with E-state index in [2.05, 4.69) is 12.2 Å². The number of piperidine rings is 1. The number of hydrogen-bond acceptors (Lipinski definition) is 1. The number of hydrogen-bond donors (Lipinski definition) is 1. The molecule has 1 atom stereocenters. The Morgan fingerprint density at radius 2 is 2.17 bits per heavy atom. The second-order valence-corrected chi connectivity index (χ2v) is 4.71. The van der Waals surface area contributed by atoms with Crippen molar-refractivity contribution in [3.63, 3.8) is 0 Å². The molecule has 1 saturated carbocycles. The van der Waals surface area contributed by atoms with Gasteiger partial charge in [0.1, 0.15) is 0 Å². The summed E-state index contributed by atoms with van der Waals surface area (Å²) in [6, 6.07) is 0.154. The summed E-state index contributed by atoms with van der Waals surface area (Å²) < 4.78 is 0. The van der Waals surface area contributed by atoms with E-state index >= 15 is 0 Å². The monoisotopic (exact) mass is 166 g/mol. The fourth-order valence-electron chi connectivity index (χ4n) is 2.87. The molecular formula is C9H14N2O. The predicted octanol–water partition coefficient (Wildman–Crippen LogP) is 0.954. The molecule has 1 spiro atoms. The third kappa shape index (κ3) is 0.573. The minimum Gasteiger partial charge on any atom is -0.330 e. The molecule has 0 aromatic rings. The Kier molecular flexibility index (Phi) is 0.917. The first kappa shape index (κ1) is 6.75.